The number of nitrogens with one attached hydrogen (secondary N) is 1. The van der Waals surface area contributed by atoms with E-state index in [1.807, 2.05) is 6.07 Å². The van der Waals surface area contributed by atoms with Crippen molar-refractivity contribution in [1.29, 1.82) is 0 Å². The second-order valence-corrected chi connectivity index (χ2v) is 5.34. The van der Waals surface area contributed by atoms with Crippen LogP contribution in [0.2, 0.25) is 0 Å². The van der Waals surface area contributed by atoms with E-state index in [1.54, 1.807) is 18.2 Å². The Morgan fingerprint density at radius 2 is 1.71 bits per heavy atom. The predicted molar refractivity (Wildman–Crippen MR) is 77.0 cm³/mol. The Morgan fingerprint density at radius 3 is 2.38 bits per heavy atom. The summed E-state index contributed by atoms with van der Waals surface area (Å²) in [6.07, 6.45) is 2.42. The molecule has 0 aromatic heterocycles. The van der Waals surface area contributed by atoms with Gasteiger partial charge in [-0.05, 0) is 48.2 Å². The second kappa shape index (κ2) is 6.22. The van der Waals surface area contributed by atoms with Crippen LogP contribution >= 0.6 is 0 Å². The molecule has 21 heavy (non-hydrogen) atoms. The molecule has 1 aliphatic carbocycles. The van der Waals surface area contributed by atoms with Gasteiger partial charge in [0.05, 0.1) is 0 Å². The van der Waals surface area contributed by atoms with E-state index in [4.69, 9.17) is 4.74 Å². The highest BCUT2D eigenvalue weighted by Crippen LogP contribution is 2.22. The third-order valence-corrected chi connectivity index (χ3v) is 3.48. The van der Waals surface area contributed by atoms with Gasteiger partial charge in [-0.2, -0.15) is 0 Å². The van der Waals surface area contributed by atoms with E-state index in [2.05, 4.69) is 5.32 Å². The van der Waals surface area contributed by atoms with Crippen molar-refractivity contribution < 1.29 is 13.5 Å². The molecule has 0 bridgehead atoms. The average Bonchev–Trinajstić information content (AvgIpc) is 3.30. The second-order valence-electron chi connectivity index (χ2n) is 5.34. The van der Waals surface area contributed by atoms with E-state index in [0.29, 0.717) is 12.6 Å². The molecular weight excluding hydrogens is 272 g/mol. The number of halogens is 2. The Morgan fingerprint density at radius 1 is 1.00 bits per heavy atom. The Balaban J connectivity index is 1.58. The Kier molecular flexibility index (Phi) is 4.15. The van der Waals surface area contributed by atoms with Crippen molar-refractivity contribution in [2.75, 3.05) is 0 Å². The van der Waals surface area contributed by atoms with Crippen LogP contribution in [0.25, 0.3) is 0 Å². The van der Waals surface area contributed by atoms with Gasteiger partial charge in [0, 0.05) is 12.6 Å². The lowest BCUT2D eigenvalue weighted by Crippen LogP contribution is -2.15. The van der Waals surface area contributed by atoms with Crippen molar-refractivity contribution >= 4 is 0 Å². The Hall–Kier alpha value is -1.94. The van der Waals surface area contributed by atoms with E-state index < -0.39 is 0 Å². The minimum atomic E-state index is -0.368. The molecule has 0 amide bonds. The van der Waals surface area contributed by atoms with Crippen molar-refractivity contribution in [3.8, 4) is 5.75 Å². The molecule has 4 heteroatoms. The van der Waals surface area contributed by atoms with Gasteiger partial charge in [-0.3, -0.25) is 0 Å². The van der Waals surface area contributed by atoms with Gasteiger partial charge in [0.2, 0.25) is 0 Å². The molecule has 0 aliphatic heterocycles. The third-order valence-electron chi connectivity index (χ3n) is 3.48. The molecule has 0 radical (unpaired) electrons. The standard InChI is InChI=1S/C17H17F2NO/c18-14-4-1-12(2-5-14)11-21-17-8-3-13(9-16(17)19)10-20-15-6-7-15/h1-5,8-9,15,20H,6-7,10-11H2. The van der Waals surface area contributed by atoms with Gasteiger partial charge in [-0.15, -0.1) is 0 Å². The van der Waals surface area contributed by atoms with Gasteiger partial charge < -0.3 is 10.1 Å². The zero-order valence-electron chi connectivity index (χ0n) is 11.6. The maximum atomic E-state index is 13.9. The summed E-state index contributed by atoms with van der Waals surface area (Å²) in [5, 5.41) is 3.34. The van der Waals surface area contributed by atoms with Gasteiger partial charge in [-0.1, -0.05) is 18.2 Å². The summed E-state index contributed by atoms with van der Waals surface area (Å²) in [4.78, 5) is 0. The maximum absolute atomic E-state index is 13.9. The monoisotopic (exact) mass is 289 g/mol. The summed E-state index contributed by atoms with van der Waals surface area (Å²) in [7, 11) is 0. The molecule has 0 atom stereocenters. The number of benzene rings is 2. The molecule has 1 fully saturated rings. The minimum Gasteiger partial charge on any atom is -0.486 e. The first-order chi connectivity index (χ1) is 10.2. The molecule has 1 saturated carbocycles. The largest absolute Gasteiger partial charge is 0.486 e. The van der Waals surface area contributed by atoms with E-state index >= 15 is 0 Å². The number of ether oxygens (including phenoxy) is 1. The van der Waals surface area contributed by atoms with Crippen LogP contribution in [0.1, 0.15) is 24.0 Å². The first-order valence-electron chi connectivity index (χ1n) is 7.10. The Bertz CT molecular complexity index is 609. The summed E-state index contributed by atoms with van der Waals surface area (Å²) < 4.78 is 32.2. The van der Waals surface area contributed by atoms with Crippen LogP contribution in [-0.4, -0.2) is 6.04 Å². The van der Waals surface area contributed by atoms with Crippen molar-refractivity contribution in [1.82, 2.24) is 5.32 Å². The molecule has 0 saturated heterocycles. The molecule has 2 aromatic rings. The number of rotatable bonds is 6. The zero-order valence-corrected chi connectivity index (χ0v) is 11.6. The molecule has 0 spiro atoms. The molecule has 2 nitrogen and oxygen atoms in total. The van der Waals surface area contributed by atoms with Gasteiger partial charge in [0.25, 0.3) is 0 Å². The fourth-order valence-electron chi connectivity index (χ4n) is 2.06. The van der Waals surface area contributed by atoms with Crippen molar-refractivity contribution in [3.05, 3.63) is 65.2 Å². The molecule has 110 valence electrons. The van der Waals surface area contributed by atoms with Crippen LogP contribution in [0.4, 0.5) is 8.78 Å². The highest BCUT2D eigenvalue weighted by molar-refractivity contribution is 5.30. The van der Waals surface area contributed by atoms with Crippen LogP contribution in [0.3, 0.4) is 0 Å². The van der Waals surface area contributed by atoms with E-state index in [0.717, 1.165) is 11.1 Å². The Labute approximate surface area is 122 Å². The van der Waals surface area contributed by atoms with Crippen molar-refractivity contribution in [3.63, 3.8) is 0 Å². The molecule has 0 unspecified atom stereocenters. The lowest BCUT2D eigenvalue weighted by molar-refractivity contribution is 0.290. The van der Waals surface area contributed by atoms with Gasteiger partial charge in [0.15, 0.2) is 11.6 Å². The summed E-state index contributed by atoms with van der Waals surface area (Å²) in [6.45, 7) is 0.900. The number of hydrogen-bond acceptors (Lipinski definition) is 2. The van der Waals surface area contributed by atoms with E-state index in [-0.39, 0.29) is 24.0 Å². The van der Waals surface area contributed by atoms with Crippen molar-refractivity contribution in [2.24, 2.45) is 0 Å². The normalized spacial score (nSPS) is 14.2. The van der Waals surface area contributed by atoms with Crippen LogP contribution in [0.5, 0.6) is 5.75 Å². The van der Waals surface area contributed by atoms with E-state index in [9.17, 15) is 8.78 Å². The topological polar surface area (TPSA) is 21.3 Å². The first-order valence-corrected chi connectivity index (χ1v) is 7.10. The molecule has 2 aromatic carbocycles. The summed E-state index contributed by atoms with van der Waals surface area (Å²) in [5.74, 6) is -0.445. The molecule has 3 rings (SSSR count). The predicted octanol–water partition coefficient (Wildman–Crippen LogP) is 3.80. The quantitative estimate of drug-likeness (QED) is 0.873. The first kappa shape index (κ1) is 14.0. The summed E-state index contributed by atoms with van der Waals surface area (Å²) >= 11 is 0. The van der Waals surface area contributed by atoms with Crippen LogP contribution in [-0.2, 0) is 13.2 Å². The van der Waals surface area contributed by atoms with Gasteiger partial charge in [0.1, 0.15) is 12.4 Å². The van der Waals surface area contributed by atoms with Gasteiger partial charge >= 0.3 is 0 Å². The molecule has 1 aliphatic rings. The third kappa shape index (κ3) is 4.02. The summed E-state index contributed by atoms with van der Waals surface area (Å²) in [6, 6.07) is 11.6. The molecular formula is C17H17F2NO. The lowest BCUT2D eigenvalue weighted by Gasteiger charge is -2.09. The number of hydrogen-bond donors (Lipinski definition) is 1. The van der Waals surface area contributed by atoms with Crippen LogP contribution in [0, 0.1) is 11.6 Å². The SMILES string of the molecule is Fc1ccc(COc2ccc(CNC3CC3)cc2F)cc1. The maximum Gasteiger partial charge on any atom is 0.165 e. The van der Waals surface area contributed by atoms with Crippen LogP contribution in [0.15, 0.2) is 42.5 Å². The fourth-order valence-corrected chi connectivity index (χ4v) is 2.06. The zero-order chi connectivity index (χ0) is 14.7. The van der Waals surface area contributed by atoms with Crippen LogP contribution < -0.4 is 10.1 Å². The highest BCUT2D eigenvalue weighted by Gasteiger charge is 2.20. The van der Waals surface area contributed by atoms with Crippen molar-refractivity contribution in [2.45, 2.75) is 32.0 Å². The average molecular weight is 289 g/mol. The molecule has 1 N–H and O–H groups in total. The fraction of sp³-hybridized carbons (Fsp3) is 0.294. The molecule has 0 heterocycles. The minimum absolute atomic E-state index is 0.217. The lowest BCUT2D eigenvalue weighted by atomic mass is 10.2. The summed E-state index contributed by atoms with van der Waals surface area (Å²) in [5.41, 5.74) is 1.71. The van der Waals surface area contributed by atoms with Gasteiger partial charge in [-0.25, -0.2) is 8.78 Å². The smallest absolute Gasteiger partial charge is 0.165 e. The highest BCUT2D eigenvalue weighted by atomic mass is 19.1. The van der Waals surface area contributed by atoms with E-state index in [1.165, 1.54) is 31.0 Å².